The van der Waals surface area contributed by atoms with E-state index in [1.165, 1.54) is 11.8 Å². The van der Waals surface area contributed by atoms with Crippen LogP contribution in [0.15, 0.2) is 0 Å². The van der Waals surface area contributed by atoms with E-state index in [4.69, 9.17) is 5.73 Å². The SMILES string of the molecule is CC(C)CC(NC(=O)C(C)N)C(=O)NC(C(=O)N1CCCC1C(=O)O)C(C)C. The molecule has 0 bridgehead atoms. The molecule has 5 N–H and O–H groups in total. The first-order chi connectivity index (χ1) is 13.0. The monoisotopic (exact) mass is 398 g/mol. The number of nitrogens with zero attached hydrogens (tertiary/aromatic N) is 1. The van der Waals surface area contributed by atoms with E-state index in [0.29, 0.717) is 25.8 Å². The van der Waals surface area contributed by atoms with Gasteiger partial charge >= 0.3 is 5.97 Å². The molecule has 1 fully saturated rings. The summed E-state index contributed by atoms with van der Waals surface area (Å²) < 4.78 is 0. The quantitative estimate of drug-likeness (QED) is 0.433. The average Bonchev–Trinajstić information content (AvgIpc) is 3.07. The number of rotatable bonds is 9. The smallest absolute Gasteiger partial charge is 0.326 e. The van der Waals surface area contributed by atoms with Gasteiger partial charge in [0.25, 0.3) is 0 Å². The number of carbonyl (C=O) groups excluding carboxylic acids is 3. The number of hydrogen-bond acceptors (Lipinski definition) is 5. The highest BCUT2D eigenvalue weighted by Crippen LogP contribution is 2.20. The minimum Gasteiger partial charge on any atom is -0.480 e. The lowest BCUT2D eigenvalue weighted by Crippen LogP contribution is -2.58. The second-order valence-corrected chi connectivity index (χ2v) is 8.24. The maximum Gasteiger partial charge on any atom is 0.326 e. The van der Waals surface area contributed by atoms with E-state index in [0.717, 1.165) is 0 Å². The number of nitrogens with two attached hydrogens (primary N) is 1. The van der Waals surface area contributed by atoms with Crippen molar-refractivity contribution in [2.75, 3.05) is 6.54 Å². The highest BCUT2D eigenvalue weighted by molar-refractivity contribution is 5.94. The van der Waals surface area contributed by atoms with E-state index in [1.807, 2.05) is 13.8 Å². The standard InChI is InChI=1S/C19H34N4O5/c1-10(2)9-13(21-16(24)12(5)20)17(25)22-15(11(3)4)18(26)23-8-6-7-14(23)19(27)28/h10-15H,6-9,20H2,1-5H3,(H,21,24)(H,22,25)(H,27,28). The molecule has 1 rings (SSSR count). The number of hydrogen-bond donors (Lipinski definition) is 4. The predicted octanol–water partition coefficient (Wildman–Crippen LogP) is 0.0809. The van der Waals surface area contributed by atoms with Crippen LogP contribution in [0, 0.1) is 11.8 Å². The molecule has 9 heteroatoms. The van der Waals surface area contributed by atoms with Crippen LogP contribution in [0.3, 0.4) is 0 Å². The normalized spacial score (nSPS) is 20.0. The molecule has 1 aliphatic rings. The van der Waals surface area contributed by atoms with E-state index in [1.54, 1.807) is 13.8 Å². The average molecular weight is 399 g/mol. The van der Waals surface area contributed by atoms with Crippen molar-refractivity contribution in [2.45, 2.75) is 78.0 Å². The number of amides is 3. The topological polar surface area (TPSA) is 142 Å². The van der Waals surface area contributed by atoms with Crippen LogP contribution in [0.2, 0.25) is 0 Å². The van der Waals surface area contributed by atoms with Gasteiger partial charge in [-0.2, -0.15) is 0 Å². The summed E-state index contributed by atoms with van der Waals surface area (Å²) in [6.45, 7) is 9.29. The van der Waals surface area contributed by atoms with Crippen LogP contribution in [-0.4, -0.2) is 64.4 Å². The van der Waals surface area contributed by atoms with Gasteiger partial charge in [-0.1, -0.05) is 27.7 Å². The van der Waals surface area contributed by atoms with Crippen molar-refractivity contribution in [3.63, 3.8) is 0 Å². The fourth-order valence-electron chi connectivity index (χ4n) is 3.24. The number of aliphatic carboxylic acids is 1. The van der Waals surface area contributed by atoms with Crippen LogP contribution in [0.25, 0.3) is 0 Å². The molecule has 160 valence electrons. The molecule has 1 saturated heterocycles. The van der Waals surface area contributed by atoms with E-state index in [2.05, 4.69) is 10.6 Å². The van der Waals surface area contributed by atoms with Crippen molar-refractivity contribution in [1.82, 2.24) is 15.5 Å². The first-order valence-electron chi connectivity index (χ1n) is 9.85. The Hall–Kier alpha value is -2.16. The van der Waals surface area contributed by atoms with Crippen LogP contribution >= 0.6 is 0 Å². The van der Waals surface area contributed by atoms with Gasteiger partial charge in [0.2, 0.25) is 17.7 Å². The molecule has 0 spiro atoms. The molecule has 1 aliphatic heterocycles. The zero-order valence-electron chi connectivity index (χ0n) is 17.4. The third-order valence-corrected chi connectivity index (χ3v) is 4.81. The third-order valence-electron chi connectivity index (χ3n) is 4.81. The second kappa shape index (κ2) is 10.4. The van der Waals surface area contributed by atoms with Gasteiger partial charge in [0.1, 0.15) is 18.1 Å². The lowest BCUT2D eigenvalue weighted by molar-refractivity contribution is -0.150. The fraction of sp³-hybridized carbons (Fsp3) is 0.789. The minimum atomic E-state index is -1.04. The summed E-state index contributed by atoms with van der Waals surface area (Å²) in [6, 6.07) is -3.31. The van der Waals surface area contributed by atoms with Gasteiger partial charge in [0, 0.05) is 6.54 Å². The van der Waals surface area contributed by atoms with Crippen molar-refractivity contribution in [3.05, 3.63) is 0 Å². The zero-order chi connectivity index (χ0) is 21.6. The largest absolute Gasteiger partial charge is 0.480 e. The molecule has 0 saturated carbocycles. The van der Waals surface area contributed by atoms with Gasteiger partial charge in [-0.25, -0.2) is 4.79 Å². The van der Waals surface area contributed by atoms with Crippen molar-refractivity contribution in [2.24, 2.45) is 17.6 Å². The number of nitrogens with one attached hydrogen (secondary N) is 2. The predicted molar refractivity (Wildman–Crippen MR) is 104 cm³/mol. The highest BCUT2D eigenvalue weighted by Gasteiger charge is 2.39. The van der Waals surface area contributed by atoms with Gasteiger partial charge < -0.3 is 26.4 Å². The summed E-state index contributed by atoms with van der Waals surface area (Å²) in [4.78, 5) is 50.5. The number of carboxylic acids is 1. The Kier molecular flexibility index (Phi) is 8.87. The van der Waals surface area contributed by atoms with Gasteiger partial charge in [-0.15, -0.1) is 0 Å². The Bertz CT molecular complexity index is 591. The molecule has 4 atom stereocenters. The molecule has 0 aromatic carbocycles. The summed E-state index contributed by atoms with van der Waals surface area (Å²) in [5.74, 6) is -2.47. The van der Waals surface area contributed by atoms with E-state index in [9.17, 15) is 24.3 Å². The van der Waals surface area contributed by atoms with E-state index >= 15 is 0 Å². The number of likely N-dealkylation sites (tertiary alicyclic amines) is 1. The van der Waals surface area contributed by atoms with Crippen LogP contribution in [-0.2, 0) is 19.2 Å². The van der Waals surface area contributed by atoms with Gasteiger partial charge in [0.15, 0.2) is 0 Å². The van der Waals surface area contributed by atoms with Gasteiger partial charge in [0.05, 0.1) is 6.04 Å². The Labute approximate surface area is 166 Å². The second-order valence-electron chi connectivity index (χ2n) is 8.24. The first kappa shape index (κ1) is 23.9. The van der Waals surface area contributed by atoms with Crippen molar-refractivity contribution in [1.29, 1.82) is 0 Å². The number of carboxylic acid groups (broad SMARTS) is 1. The molecule has 4 unspecified atom stereocenters. The molecular formula is C19H34N4O5. The highest BCUT2D eigenvalue weighted by atomic mass is 16.4. The molecule has 0 aliphatic carbocycles. The van der Waals surface area contributed by atoms with Crippen molar-refractivity contribution < 1.29 is 24.3 Å². The summed E-state index contributed by atoms with van der Waals surface area (Å²) >= 11 is 0. The molecule has 0 radical (unpaired) electrons. The molecule has 28 heavy (non-hydrogen) atoms. The van der Waals surface area contributed by atoms with Crippen LogP contribution in [0.5, 0.6) is 0 Å². The lowest BCUT2D eigenvalue weighted by Gasteiger charge is -2.31. The first-order valence-corrected chi connectivity index (χ1v) is 9.85. The zero-order valence-corrected chi connectivity index (χ0v) is 17.4. The van der Waals surface area contributed by atoms with Crippen LogP contribution in [0.1, 0.15) is 53.9 Å². The number of carbonyl (C=O) groups is 4. The molecule has 1 heterocycles. The van der Waals surface area contributed by atoms with E-state index in [-0.39, 0.29) is 11.8 Å². The Morgan fingerprint density at radius 2 is 1.68 bits per heavy atom. The Morgan fingerprint density at radius 1 is 1.07 bits per heavy atom. The van der Waals surface area contributed by atoms with Crippen molar-refractivity contribution in [3.8, 4) is 0 Å². The van der Waals surface area contributed by atoms with Crippen LogP contribution in [0.4, 0.5) is 0 Å². The Balaban J connectivity index is 2.95. The van der Waals surface area contributed by atoms with Gasteiger partial charge in [-0.3, -0.25) is 14.4 Å². The van der Waals surface area contributed by atoms with E-state index < -0.39 is 47.9 Å². The fourth-order valence-corrected chi connectivity index (χ4v) is 3.24. The lowest BCUT2D eigenvalue weighted by atomic mass is 9.99. The molecule has 9 nitrogen and oxygen atoms in total. The molecular weight excluding hydrogens is 364 g/mol. The maximum atomic E-state index is 13.0. The summed E-state index contributed by atoms with van der Waals surface area (Å²) in [6.07, 6.45) is 1.41. The summed E-state index contributed by atoms with van der Waals surface area (Å²) in [5.41, 5.74) is 5.58. The third kappa shape index (κ3) is 6.47. The summed E-state index contributed by atoms with van der Waals surface area (Å²) in [7, 11) is 0. The molecule has 3 amide bonds. The molecule has 0 aromatic heterocycles. The minimum absolute atomic E-state index is 0.132. The van der Waals surface area contributed by atoms with Crippen LogP contribution < -0.4 is 16.4 Å². The molecule has 0 aromatic rings. The summed E-state index contributed by atoms with van der Waals surface area (Å²) in [5, 5.41) is 14.7. The van der Waals surface area contributed by atoms with Crippen molar-refractivity contribution >= 4 is 23.7 Å². The maximum absolute atomic E-state index is 13.0. The van der Waals surface area contributed by atoms with Gasteiger partial charge in [-0.05, 0) is 38.0 Å². The Morgan fingerprint density at radius 3 is 2.14 bits per heavy atom.